The second-order valence-corrected chi connectivity index (χ2v) is 11.7. The topological polar surface area (TPSA) is 200 Å². The van der Waals surface area contributed by atoms with E-state index >= 15 is 0 Å². The van der Waals surface area contributed by atoms with Crippen LogP contribution in [0.25, 0.3) is 0 Å². The largest absolute Gasteiger partial charge is 0.458 e. The van der Waals surface area contributed by atoms with E-state index in [-0.39, 0.29) is 23.5 Å². The van der Waals surface area contributed by atoms with Gasteiger partial charge in [0.1, 0.15) is 6.61 Å². The van der Waals surface area contributed by atoms with Crippen LogP contribution in [0.3, 0.4) is 0 Å². The number of aryl methyl sites for hydroxylation is 1. The van der Waals surface area contributed by atoms with Crippen molar-refractivity contribution in [1.82, 2.24) is 15.0 Å². The summed E-state index contributed by atoms with van der Waals surface area (Å²) in [4.78, 5) is 26.1. The molecule has 13 nitrogen and oxygen atoms in total. The molecule has 0 aliphatic heterocycles. The summed E-state index contributed by atoms with van der Waals surface area (Å²) in [6, 6.07) is 30.1. The summed E-state index contributed by atoms with van der Waals surface area (Å²) >= 11 is 0. The first-order chi connectivity index (χ1) is 22.1. The van der Waals surface area contributed by atoms with Crippen LogP contribution in [0.2, 0.25) is 0 Å². The molecule has 14 heteroatoms. The van der Waals surface area contributed by atoms with Gasteiger partial charge in [0.25, 0.3) is 15.9 Å². The van der Waals surface area contributed by atoms with E-state index in [2.05, 4.69) is 35.3 Å². The van der Waals surface area contributed by atoms with Gasteiger partial charge in [-0.25, -0.2) is 0 Å². The second kappa shape index (κ2) is 14.2. The average Bonchev–Trinajstić information content (AvgIpc) is 3.04. The maximum Gasteiger partial charge on any atom is 0.323 e. The Labute approximate surface area is 265 Å². The molecule has 234 valence electrons. The fourth-order valence-corrected chi connectivity index (χ4v) is 4.97. The summed E-state index contributed by atoms with van der Waals surface area (Å²) in [5.41, 5.74) is 14.9. The number of rotatable bonds is 12. The number of benzene rings is 4. The molecule has 1 heterocycles. The van der Waals surface area contributed by atoms with Crippen LogP contribution in [0.1, 0.15) is 27.0 Å². The van der Waals surface area contributed by atoms with E-state index < -0.39 is 21.9 Å². The minimum Gasteiger partial charge on any atom is -0.458 e. The van der Waals surface area contributed by atoms with Crippen molar-refractivity contribution in [2.75, 3.05) is 16.0 Å². The first-order valence-electron chi connectivity index (χ1n) is 14.0. The summed E-state index contributed by atoms with van der Waals surface area (Å²) in [6.07, 6.45) is 0. The lowest BCUT2D eigenvalue weighted by molar-refractivity contribution is 0.102. The summed E-state index contributed by atoms with van der Waals surface area (Å²) in [6.45, 7) is 2.81. The van der Waals surface area contributed by atoms with Crippen molar-refractivity contribution < 1.29 is 17.9 Å². The molecule has 0 saturated heterocycles. The highest BCUT2D eigenvalue weighted by Gasteiger charge is 2.14. The van der Waals surface area contributed by atoms with Gasteiger partial charge in [0, 0.05) is 23.5 Å². The molecule has 0 saturated carbocycles. The van der Waals surface area contributed by atoms with Crippen molar-refractivity contribution in [3.05, 3.63) is 125 Å². The van der Waals surface area contributed by atoms with Gasteiger partial charge in [-0.2, -0.15) is 23.4 Å². The molecule has 46 heavy (non-hydrogen) atoms. The van der Waals surface area contributed by atoms with Crippen LogP contribution in [0, 0.1) is 6.92 Å². The predicted molar refractivity (Wildman–Crippen MR) is 176 cm³/mol. The van der Waals surface area contributed by atoms with Crippen LogP contribution in [-0.4, -0.2) is 35.2 Å². The van der Waals surface area contributed by atoms with Gasteiger partial charge >= 0.3 is 6.01 Å². The van der Waals surface area contributed by atoms with Crippen LogP contribution in [0.4, 0.5) is 23.3 Å². The monoisotopic (exact) mass is 637 g/mol. The van der Waals surface area contributed by atoms with Crippen LogP contribution in [0.5, 0.6) is 6.01 Å². The zero-order valence-electron chi connectivity index (χ0n) is 24.7. The third-order valence-electron chi connectivity index (χ3n) is 6.44. The maximum absolute atomic E-state index is 12.8. The molecule has 0 bridgehead atoms. The number of carbonyl (C=O) groups excluding carboxylic acids is 1. The number of nitrogens with one attached hydrogen (secondary N) is 3. The van der Waals surface area contributed by atoms with Crippen molar-refractivity contribution in [1.29, 1.82) is 0 Å². The Kier molecular flexibility index (Phi) is 9.68. The minimum absolute atomic E-state index is 0.116. The van der Waals surface area contributed by atoms with Crippen molar-refractivity contribution in [2.24, 2.45) is 15.9 Å². The molecule has 0 fully saturated rings. The van der Waals surface area contributed by atoms with Crippen LogP contribution < -0.4 is 32.2 Å². The molecule has 0 aliphatic rings. The lowest BCUT2D eigenvalue weighted by Gasteiger charge is -2.12. The van der Waals surface area contributed by atoms with Gasteiger partial charge in [0.15, 0.2) is 0 Å². The maximum atomic E-state index is 12.8. The molecule has 4 aromatic carbocycles. The molecule has 0 atom stereocenters. The first-order valence-corrected chi connectivity index (χ1v) is 15.4. The highest BCUT2D eigenvalue weighted by Crippen LogP contribution is 2.21. The normalized spacial score (nSPS) is 10.9. The van der Waals surface area contributed by atoms with E-state index in [1.165, 1.54) is 29.8 Å². The number of hydrogen-bond donors (Lipinski definition) is 5. The van der Waals surface area contributed by atoms with E-state index in [0.717, 1.165) is 11.1 Å². The third-order valence-corrected chi connectivity index (χ3v) is 7.75. The van der Waals surface area contributed by atoms with Gasteiger partial charge in [-0.1, -0.05) is 60.2 Å². The number of aromatic nitrogens is 3. The molecule has 5 rings (SSSR count). The van der Waals surface area contributed by atoms with Crippen LogP contribution >= 0.6 is 0 Å². The SMILES string of the molecule is Cc1ccc(CNc2nc(Nc3ccc(C(=O)Nc4ccc(S(=O)(=O)N=C(N)N)cc4)cc3)nc(OCc3ccccc3)n2)cc1. The number of nitrogens with two attached hydrogens (primary N) is 2. The lowest BCUT2D eigenvalue weighted by atomic mass is 10.1. The Bertz CT molecular complexity index is 1930. The van der Waals surface area contributed by atoms with Gasteiger partial charge in [-0.05, 0) is 66.6 Å². The van der Waals surface area contributed by atoms with Gasteiger partial charge in [-0.3, -0.25) is 4.79 Å². The molecule has 1 amide bonds. The van der Waals surface area contributed by atoms with Crippen molar-refractivity contribution >= 4 is 45.2 Å². The zero-order chi connectivity index (χ0) is 32.5. The summed E-state index contributed by atoms with van der Waals surface area (Å²) in [7, 11) is -4.03. The number of ether oxygens (including phenoxy) is 1. The van der Waals surface area contributed by atoms with E-state index in [4.69, 9.17) is 16.2 Å². The van der Waals surface area contributed by atoms with Crippen molar-refractivity contribution in [2.45, 2.75) is 25.0 Å². The second-order valence-electron chi connectivity index (χ2n) is 10.1. The standard InChI is InChI=1S/C32H31N9O4S/c1-21-7-9-22(10-8-21)19-35-30-38-31(40-32(39-30)45-20-23-5-3-2-4-6-23)37-26-13-11-24(12-14-26)28(42)36-25-15-17-27(18-16-25)46(43,44)41-29(33)34/h2-18H,19-20H2,1H3,(H,36,42)(H4,33,34,41)(H2,35,37,38,39,40). The van der Waals surface area contributed by atoms with Gasteiger partial charge in [0.05, 0.1) is 4.90 Å². The fraction of sp³-hybridized carbons (Fsp3) is 0.0938. The highest BCUT2D eigenvalue weighted by molar-refractivity contribution is 7.90. The van der Waals surface area contributed by atoms with Gasteiger partial charge < -0.3 is 32.2 Å². The Hall–Kier alpha value is -6.02. The number of nitrogens with zero attached hydrogens (tertiary/aromatic N) is 4. The number of anilines is 4. The molecule has 7 N–H and O–H groups in total. The van der Waals surface area contributed by atoms with Crippen molar-refractivity contribution in [3.8, 4) is 6.01 Å². The Morgan fingerprint density at radius 1 is 0.783 bits per heavy atom. The molecule has 0 unspecified atom stereocenters. The Balaban J connectivity index is 1.27. The molecule has 1 aromatic heterocycles. The van der Waals surface area contributed by atoms with Gasteiger partial charge in [-0.15, -0.1) is 4.40 Å². The molecular formula is C32H31N9O4S. The number of carbonyl (C=O) groups is 1. The predicted octanol–water partition coefficient (Wildman–Crippen LogP) is 4.33. The minimum atomic E-state index is -4.03. The summed E-state index contributed by atoms with van der Waals surface area (Å²) in [5, 5.41) is 9.09. The quantitative estimate of drug-likeness (QED) is 0.0963. The number of guanidine groups is 1. The van der Waals surface area contributed by atoms with Crippen molar-refractivity contribution in [3.63, 3.8) is 0 Å². The molecule has 0 radical (unpaired) electrons. The van der Waals surface area contributed by atoms with Crippen LogP contribution in [-0.2, 0) is 23.2 Å². The number of amides is 1. The smallest absolute Gasteiger partial charge is 0.323 e. The molecule has 0 aliphatic carbocycles. The third kappa shape index (κ3) is 8.76. The molecular weight excluding hydrogens is 606 g/mol. The van der Waals surface area contributed by atoms with E-state index in [0.29, 0.717) is 29.4 Å². The highest BCUT2D eigenvalue weighted by atomic mass is 32.2. The fourth-order valence-electron chi connectivity index (χ4n) is 4.10. The zero-order valence-corrected chi connectivity index (χ0v) is 25.5. The average molecular weight is 638 g/mol. The van der Waals surface area contributed by atoms with Crippen LogP contribution in [0.15, 0.2) is 112 Å². The number of sulfonamides is 1. The summed E-state index contributed by atoms with van der Waals surface area (Å²) in [5.74, 6) is -0.393. The lowest BCUT2D eigenvalue weighted by Crippen LogP contribution is -2.24. The Morgan fingerprint density at radius 2 is 1.43 bits per heavy atom. The molecule has 0 spiro atoms. The van der Waals surface area contributed by atoms with E-state index in [1.807, 2.05) is 61.5 Å². The van der Waals surface area contributed by atoms with E-state index in [9.17, 15) is 13.2 Å². The Morgan fingerprint density at radius 3 is 2.11 bits per heavy atom. The molecule has 5 aromatic rings. The van der Waals surface area contributed by atoms with Gasteiger partial charge in [0.2, 0.25) is 17.9 Å². The first kappa shape index (κ1) is 31.4. The number of hydrogen-bond acceptors (Lipinski definition) is 9. The summed E-state index contributed by atoms with van der Waals surface area (Å²) < 4.78 is 33.4. The van der Waals surface area contributed by atoms with E-state index in [1.54, 1.807) is 24.3 Å².